The van der Waals surface area contributed by atoms with Crippen LogP contribution in [0.4, 0.5) is 10.5 Å². The largest absolute Gasteiger partial charge is 0.465 e. The molecule has 0 fully saturated rings. The van der Waals surface area contributed by atoms with Gasteiger partial charge in [0.05, 0.1) is 0 Å². The minimum atomic E-state index is -1.35. The van der Waals surface area contributed by atoms with Gasteiger partial charge in [-0.3, -0.25) is 9.59 Å². The fourth-order valence-electron chi connectivity index (χ4n) is 3.80. The number of H-pyrrole nitrogens is 1. The first-order valence-electron chi connectivity index (χ1n) is 11.2. The second kappa shape index (κ2) is 11.2. The van der Waals surface area contributed by atoms with Gasteiger partial charge in [0.1, 0.15) is 5.54 Å². The first kappa shape index (κ1) is 24.6. The molecule has 34 heavy (non-hydrogen) atoms. The number of hydrogen-bond donors (Lipinski definition) is 5. The molecule has 8 heteroatoms. The Bertz CT molecular complexity index is 1200. The molecule has 0 radical (unpaired) electrons. The summed E-state index contributed by atoms with van der Waals surface area (Å²) in [5, 5.41) is 18.7. The van der Waals surface area contributed by atoms with Gasteiger partial charge < -0.3 is 26.0 Å². The molecule has 178 valence electrons. The summed E-state index contributed by atoms with van der Waals surface area (Å²) in [5.74, 6) is -0.378. The van der Waals surface area contributed by atoms with Crippen molar-refractivity contribution in [3.05, 3.63) is 78.1 Å². The Hall–Kier alpha value is -4.07. The number of rotatable bonds is 11. The molecule has 1 aromatic heterocycles. The molecule has 5 N–H and O–H groups in total. The van der Waals surface area contributed by atoms with Crippen molar-refractivity contribution in [1.82, 2.24) is 15.6 Å². The normalized spacial score (nSPS) is 12.9. The van der Waals surface area contributed by atoms with Crippen LogP contribution in [0.1, 0.15) is 31.4 Å². The summed E-state index contributed by atoms with van der Waals surface area (Å²) in [7, 11) is 0. The third-order valence-corrected chi connectivity index (χ3v) is 5.66. The molecule has 0 saturated carbocycles. The van der Waals surface area contributed by atoms with Crippen LogP contribution < -0.4 is 16.0 Å². The maximum atomic E-state index is 13.1. The van der Waals surface area contributed by atoms with E-state index in [1.165, 1.54) is 6.08 Å². The Labute approximate surface area is 198 Å². The second-order valence-electron chi connectivity index (χ2n) is 8.26. The Kier molecular flexibility index (Phi) is 8.08. The standard InChI is InChI=1S/C26H30N4O4/c1-3-20(31)13-15-27-22-10-6-4-8-18(22)12-14-28-24(32)26(2,30-25(33)34)16-19-17-29-23-11-7-5-9-21(19)23/h4-11,13,15,17,27,29-30H,3,12,14,16H2,1-2H3,(H,28,32)(H,33,34). The molecule has 3 rings (SSSR count). The summed E-state index contributed by atoms with van der Waals surface area (Å²) >= 11 is 0. The number of para-hydroxylation sites is 2. The van der Waals surface area contributed by atoms with Crippen molar-refractivity contribution < 1.29 is 19.5 Å². The number of hydrogen-bond acceptors (Lipinski definition) is 4. The third kappa shape index (κ3) is 6.25. The summed E-state index contributed by atoms with van der Waals surface area (Å²) in [5.41, 5.74) is 2.22. The predicted octanol–water partition coefficient (Wildman–Crippen LogP) is 4.00. The zero-order valence-corrected chi connectivity index (χ0v) is 19.4. The molecular weight excluding hydrogens is 432 g/mol. The lowest BCUT2D eigenvalue weighted by Gasteiger charge is -2.28. The van der Waals surface area contributed by atoms with Gasteiger partial charge in [-0.15, -0.1) is 0 Å². The first-order chi connectivity index (χ1) is 16.3. The average molecular weight is 463 g/mol. The van der Waals surface area contributed by atoms with E-state index in [9.17, 15) is 19.5 Å². The highest BCUT2D eigenvalue weighted by Gasteiger charge is 2.35. The van der Waals surface area contributed by atoms with Crippen LogP contribution in [-0.2, 0) is 22.4 Å². The highest BCUT2D eigenvalue weighted by atomic mass is 16.4. The van der Waals surface area contributed by atoms with E-state index in [2.05, 4.69) is 20.9 Å². The summed E-state index contributed by atoms with van der Waals surface area (Å²) < 4.78 is 0. The van der Waals surface area contributed by atoms with Crippen molar-refractivity contribution in [2.24, 2.45) is 0 Å². The van der Waals surface area contributed by atoms with E-state index in [4.69, 9.17) is 0 Å². The van der Waals surface area contributed by atoms with Crippen molar-refractivity contribution in [3.63, 3.8) is 0 Å². The molecule has 0 spiro atoms. The summed E-state index contributed by atoms with van der Waals surface area (Å²) in [4.78, 5) is 39.2. The number of carbonyl (C=O) groups is 3. The number of carbonyl (C=O) groups excluding carboxylic acids is 2. The second-order valence-corrected chi connectivity index (χ2v) is 8.26. The van der Waals surface area contributed by atoms with Crippen LogP contribution in [0.5, 0.6) is 0 Å². The minimum Gasteiger partial charge on any atom is -0.465 e. The number of aromatic amines is 1. The lowest BCUT2D eigenvalue weighted by molar-refractivity contribution is -0.126. The van der Waals surface area contributed by atoms with E-state index in [-0.39, 0.29) is 12.2 Å². The zero-order chi connectivity index (χ0) is 24.6. The molecular formula is C26H30N4O4. The topological polar surface area (TPSA) is 123 Å². The number of carboxylic acid groups (broad SMARTS) is 1. The van der Waals surface area contributed by atoms with E-state index < -0.39 is 17.5 Å². The van der Waals surface area contributed by atoms with Gasteiger partial charge in [0.25, 0.3) is 0 Å². The summed E-state index contributed by atoms with van der Waals surface area (Å²) in [6.07, 6.45) is 4.81. The first-order valence-corrected chi connectivity index (χ1v) is 11.2. The number of benzene rings is 2. The van der Waals surface area contributed by atoms with Crippen LogP contribution in [0.2, 0.25) is 0 Å². The van der Waals surface area contributed by atoms with Gasteiger partial charge in [0.15, 0.2) is 5.78 Å². The van der Waals surface area contributed by atoms with Crippen LogP contribution in [0.3, 0.4) is 0 Å². The Balaban J connectivity index is 1.67. The third-order valence-electron chi connectivity index (χ3n) is 5.66. The number of nitrogens with one attached hydrogen (secondary N) is 4. The van der Waals surface area contributed by atoms with Crippen molar-refractivity contribution in [1.29, 1.82) is 0 Å². The number of ketones is 1. The van der Waals surface area contributed by atoms with E-state index in [0.29, 0.717) is 19.4 Å². The van der Waals surface area contributed by atoms with Crippen LogP contribution in [0.25, 0.3) is 10.9 Å². The van der Waals surface area contributed by atoms with Gasteiger partial charge in [0.2, 0.25) is 5.91 Å². The van der Waals surface area contributed by atoms with Crippen molar-refractivity contribution >= 4 is 34.4 Å². The SMILES string of the molecule is CCC(=O)C=CNc1ccccc1CCNC(=O)C(C)(Cc1c[nH]c2ccccc12)NC(=O)O. The molecule has 0 aliphatic heterocycles. The van der Waals surface area contributed by atoms with Crippen LogP contribution >= 0.6 is 0 Å². The van der Waals surface area contributed by atoms with Crippen molar-refractivity contribution in [3.8, 4) is 0 Å². The quantitative estimate of drug-likeness (QED) is 0.276. The van der Waals surface area contributed by atoms with E-state index in [1.54, 1.807) is 26.2 Å². The number of fused-ring (bicyclic) bond motifs is 1. The molecule has 3 aromatic rings. The van der Waals surface area contributed by atoms with Crippen LogP contribution in [0, 0.1) is 0 Å². The highest BCUT2D eigenvalue weighted by molar-refractivity contribution is 5.91. The molecule has 1 heterocycles. The number of allylic oxidation sites excluding steroid dienone is 1. The zero-order valence-electron chi connectivity index (χ0n) is 19.4. The number of aromatic nitrogens is 1. The predicted molar refractivity (Wildman–Crippen MR) is 133 cm³/mol. The molecule has 1 atom stereocenters. The van der Waals surface area contributed by atoms with Crippen LogP contribution in [0.15, 0.2) is 67.0 Å². The lowest BCUT2D eigenvalue weighted by atomic mass is 9.91. The van der Waals surface area contributed by atoms with Gasteiger partial charge >= 0.3 is 6.09 Å². The van der Waals surface area contributed by atoms with E-state index >= 15 is 0 Å². The molecule has 0 aliphatic carbocycles. The Morgan fingerprint density at radius 3 is 2.56 bits per heavy atom. The molecule has 2 aromatic carbocycles. The Morgan fingerprint density at radius 2 is 1.79 bits per heavy atom. The maximum absolute atomic E-state index is 13.1. The van der Waals surface area contributed by atoms with Gasteiger partial charge in [0, 0.05) is 48.4 Å². The highest BCUT2D eigenvalue weighted by Crippen LogP contribution is 2.23. The number of anilines is 1. The molecule has 8 nitrogen and oxygen atoms in total. The van der Waals surface area contributed by atoms with Crippen molar-refractivity contribution in [2.45, 2.75) is 38.6 Å². The van der Waals surface area contributed by atoms with Gasteiger partial charge in [-0.25, -0.2) is 4.79 Å². The van der Waals surface area contributed by atoms with Crippen LogP contribution in [-0.4, -0.2) is 40.0 Å². The van der Waals surface area contributed by atoms with E-state index in [1.807, 2.05) is 48.5 Å². The summed E-state index contributed by atoms with van der Waals surface area (Å²) in [6, 6.07) is 15.3. The van der Waals surface area contributed by atoms with E-state index in [0.717, 1.165) is 27.7 Å². The lowest BCUT2D eigenvalue weighted by Crippen LogP contribution is -2.58. The minimum absolute atomic E-state index is 0.0256. The molecule has 0 saturated heterocycles. The fourth-order valence-corrected chi connectivity index (χ4v) is 3.80. The van der Waals surface area contributed by atoms with Gasteiger partial charge in [-0.2, -0.15) is 0 Å². The number of amides is 2. The van der Waals surface area contributed by atoms with Gasteiger partial charge in [-0.05, 0) is 42.7 Å². The Morgan fingerprint density at radius 1 is 1.06 bits per heavy atom. The molecule has 0 bridgehead atoms. The summed E-state index contributed by atoms with van der Waals surface area (Å²) in [6.45, 7) is 3.71. The monoisotopic (exact) mass is 462 g/mol. The molecule has 1 unspecified atom stereocenters. The smallest absolute Gasteiger partial charge is 0.405 e. The van der Waals surface area contributed by atoms with Gasteiger partial charge in [-0.1, -0.05) is 43.3 Å². The fraction of sp³-hybridized carbons (Fsp3) is 0.269. The molecule has 0 aliphatic rings. The van der Waals surface area contributed by atoms with Crippen molar-refractivity contribution in [2.75, 3.05) is 11.9 Å². The molecule has 2 amide bonds. The average Bonchev–Trinajstić information content (AvgIpc) is 3.21. The maximum Gasteiger partial charge on any atom is 0.405 e.